The van der Waals surface area contributed by atoms with Crippen LogP contribution in [0, 0.1) is 5.92 Å². The number of hydrogen-bond donors (Lipinski definition) is 1. The Morgan fingerprint density at radius 1 is 1.60 bits per heavy atom. The number of nitrogens with one attached hydrogen (secondary N) is 1. The maximum atomic E-state index is 4.42. The van der Waals surface area contributed by atoms with Gasteiger partial charge < -0.3 is 5.32 Å². The van der Waals surface area contributed by atoms with Gasteiger partial charge in [0.2, 0.25) is 5.95 Å². The predicted molar refractivity (Wildman–Crippen MR) is 61.9 cm³/mol. The van der Waals surface area contributed by atoms with Gasteiger partial charge in [-0.15, -0.1) is 5.10 Å². The fourth-order valence-corrected chi connectivity index (χ4v) is 2.05. The molecular formula is C10H11BrN4. The van der Waals surface area contributed by atoms with Crippen LogP contribution in [0.2, 0.25) is 0 Å². The number of pyridine rings is 1. The van der Waals surface area contributed by atoms with Crippen molar-refractivity contribution >= 4 is 27.5 Å². The second-order valence-electron chi connectivity index (χ2n) is 4.02. The largest absolute Gasteiger partial charge is 0.350 e. The fourth-order valence-electron chi connectivity index (χ4n) is 1.62. The Morgan fingerprint density at radius 2 is 2.40 bits per heavy atom. The highest BCUT2D eigenvalue weighted by Crippen LogP contribution is 2.32. The first-order chi connectivity index (χ1) is 7.24. The molecular weight excluding hydrogens is 256 g/mol. The van der Waals surface area contributed by atoms with Gasteiger partial charge in [0.1, 0.15) is 0 Å². The molecule has 5 heteroatoms. The van der Waals surface area contributed by atoms with Crippen LogP contribution in [0.25, 0.3) is 5.65 Å². The second-order valence-corrected chi connectivity index (χ2v) is 4.88. The number of nitrogens with zero attached hydrogens (tertiary/aromatic N) is 3. The normalized spacial score (nSPS) is 24.4. The minimum Gasteiger partial charge on any atom is -0.350 e. The van der Waals surface area contributed by atoms with E-state index in [4.69, 9.17) is 0 Å². The molecule has 1 fully saturated rings. The lowest BCUT2D eigenvalue weighted by Gasteiger charge is -1.95. The van der Waals surface area contributed by atoms with Crippen molar-refractivity contribution in [2.75, 3.05) is 5.32 Å². The van der Waals surface area contributed by atoms with E-state index in [0.29, 0.717) is 6.04 Å². The summed E-state index contributed by atoms with van der Waals surface area (Å²) in [6.45, 7) is 2.23. The van der Waals surface area contributed by atoms with Crippen molar-refractivity contribution < 1.29 is 0 Å². The topological polar surface area (TPSA) is 42.2 Å². The number of hydrogen-bond acceptors (Lipinski definition) is 3. The molecule has 15 heavy (non-hydrogen) atoms. The lowest BCUT2D eigenvalue weighted by molar-refractivity contribution is 0.902. The Morgan fingerprint density at radius 3 is 3.07 bits per heavy atom. The van der Waals surface area contributed by atoms with E-state index in [2.05, 4.69) is 38.3 Å². The Labute approximate surface area is 95.8 Å². The van der Waals surface area contributed by atoms with E-state index in [-0.39, 0.29) is 0 Å². The van der Waals surface area contributed by atoms with E-state index in [1.807, 2.05) is 18.3 Å². The molecule has 2 heterocycles. The number of anilines is 1. The highest BCUT2D eigenvalue weighted by molar-refractivity contribution is 9.10. The number of fused-ring (bicyclic) bond motifs is 1. The van der Waals surface area contributed by atoms with Gasteiger partial charge in [0.25, 0.3) is 0 Å². The Kier molecular flexibility index (Phi) is 1.95. The molecule has 1 N–H and O–H groups in total. The highest BCUT2D eigenvalue weighted by Gasteiger charge is 2.33. The maximum absolute atomic E-state index is 4.42. The molecule has 0 aromatic carbocycles. The van der Waals surface area contributed by atoms with Crippen LogP contribution in [0.1, 0.15) is 13.3 Å². The molecule has 1 aliphatic rings. The average molecular weight is 267 g/mol. The van der Waals surface area contributed by atoms with Gasteiger partial charge in [-0.3, -0.25) is 0 Å². The SMILES string of the molecule is CC1CC1Nc1nc2c(Br)cccn2n1. The Balaban J connectivity index is 1.96. The molecule has 0 aliphatic heterocycles. The molecule has 2 atom stereocenters. The van der Waals surface area contributed by atoms with Crippen molar-refractivity contribution in [3.63, 3.8) is 0 Å². The molecule has 0 radical (unpaired) electrons. The smallest absolute Gasteiger partial charge is 0.243 e. The van der Waals surface area contributed by atoms with Crippen molar-refractivity contribution in [3.05, 3.63) is 22.8 Å². The van der Waals surface area contributed by atoms with Crippen LogP contribution < -0.4 is 5.32 Å². The summed E-state index contributed by atoms with van der Waals surface area (Å²) in [6, 6.07) is 4.46. The zero-order valence-corrected chi connectivity index (χ0v) is 9.90. The molecule has 0 amide bonds. The minimum absolute atomic E-state index is 0.557. The van der Waals surface area contributed by atoms with Crippen LogP contribution >= 0.6 is 15.9 Å². The summed E-state index contributed by atoms with van der Waals surface area (Å²) in [5.74, 6) is 1.47. The standard InChI is InChI=1S/C10H11BrN4/c1-6-5-8(6)12-10-13-9-7(11)3-2-4-15(9)14-10/h2-4,6,8H,5H2,1H3,(H,12,14). The molecule has 0 bridgehead atoms. The molecule has 2 unspecified atom stereocenters. The van der Waals surface area contributed by atoms with Gasteiger partial charge in [0, 0.05) is 12.2 Å². The number of halogens is 1. The van der Waals surface area contributed by atoms with E-state index in [9.17, 15) is 0 Å². The summed E-state index contributed by atoms with van der Waals surface area (Å²) >= 11 is 3.45. The lowest BCUT2D eigenvalue weighted by atomic mass is 10.5. The summed E-state index contributed by atoms with van der Waals surface area (Å²) in [5, 5.41) is 7.67. The summed E-state index contributed by atoms with van der Waals surface area (Å²) in [6.07, 6.45) is 3.12. The average Bonchev–Trinajstić information content (AvgIpc) is 2.75. The molecule has 2 aromatic rings. The van der Waals surface area contributed by atoms with Crippen LogP contribution in [0.5, 0.6) is 0 Å². The van der Waals surface area contributed by atoms with Gasteiger partial charge in [0.15, 0.2) is 5.65 Å². The summed E-state index contributed by atoms with van der Waals surface area (Å²) in [4.78, 5) is 4.42. The van der Waals surface area contributed by atoms with Gasteiger partial charge >= 0.3 is 0 Å². The molecule has 0 spiro atoms. The molecule has 2 aromatic heterocycles. The zero-order valence-electron chi connectivity index (χ0n) is 8.31. The van der Waals surface area contributed by atoms with Gasteiger partial charge in [-0.2, -0.15) is 4.98 Å². The van der Waals surface area contributed by atoms with E-state index < -0.39 is 0 Å². The van der Waals surface area contributed by atoms with Crippen LogP contribution in [0.15, 0.2) is 22.8 Å². The van der Waals surface area contributed by atoms with Crippen LogP contribution in [0.4, 0.5) is 5.95 Å². The third kappa shape index (κ3) is 1.61. The molecule has 4 nitrogen and oxygen atoms in total. The molecule has 3 rings (SSSR count). The predicted octanol–water partition coefficient (Wildman–Crippen LogP) is 2.31. The third-order valence-electron chi connectivity index (χ3n) is 2.74. The highest BCUT2D eigenvalue weighted by atomic mass is 79.9. The minimum atomic E-state index is 0.557. The maximum Gasteiger partial charge on any atom is 0.243 e. The summed E-state index contributed by atoms with van der Waals surface area (Å²) in [7, 11) is 0. The first-order valence-corrected chi connectivity index (χ1v) is 5.81. The molecule has 78 valence electrons. The Bertz CT molecular complexity index is 507. The van der Waals surface area contributed by atoms with Crippen LogP contribution in [0.3, 0.4) is 0 Å². The van der Waals surface area contributed by atoms with Crippen molar-refractivity contribution in [3.8, 4) is 0 Å². The fraction of sp³-hybridized carbons (Fsp3) is 0.400. The van der Waals surface area contributed by atoms with E-state index >= 15 is 0 Å². The first-order valence-electron chi connectivity index (χ1n) is 5.01. The van der Waals surface area contributed by atoms with E-state index in [1.165, 1.54) is 6.42 Å². The second kappa shape index (κ2) is 3.20. The Hall–Kier alpha value is -1.10. The molecule has 1 saturated carbocycles. The summed E-state index contributed by atoms with van der Waals surface area (Å²) in [5.41, 5.74) is 0.855. The van der Waals surface area contributed by atoms with Crippen molar-refractivity contribution in [1.29, 1.82) is 0 Å². The van der Waals surface area contributed by atoms with Gasteiger partial charge in [-0.05, 0) is 40.4 Å². The summed E-state index contributed by atoms with van der Waals surface area (Å²) < 4.78 is 2.74. The van der Waals surface area contributed by atoms with Crippen molar-refractivity contribution in [2.24, 2.45) is 5.92 Å². The van der Waals surface area contributed by atoms with E-state index in [1.54, 1.807) is 4.52 Å². The van der Waals surface area contributed by atoms with Crippen LogP contribution in [-0.4, -0.2) is 20.6 Å². The first kappa shape index (κ1) is 9.15. The third-order valence-corrected chi connectivity index (χ3v) is 3.36. The number of rotatable bonds is 2. The van der Waals surface area contributed by atoms with Gasteiger partial charge in [-0.25, -0.2) is 4.52 Å². The van der Waals surface area contributed by atoms with Crippen LogP contribution in [-0.2, 0) is 0 Å². The zero-order chi connectivity index (χ0) is 10.4. The molecule has 0 saturated heterocycles. The number of aromatic nitrogens is 3. The van der Waals surface area contributed by atoms with Crippen molar-refractivity contribution in [2.45, 2.75) is 19.4 Å². The van der Waals surface area contributed by atoms with Gasteiger partial charge in [0.05, 0.1) is 4.47 Å². The molecule has 1 aliphatic carbocycles. The van der Waals surface area contributed by atoms with Gasteiger partial charge in [-0.1, -0.05) is 6.92 Å². The van der Waals surface area contributed by atoms with E-state index in [0.717, 1.165) is 22.0 Å². The quantitative estimate of drug-likeness (QED) is 0.907. The lowest BCUT2D eigenvalue weighted by Crippen LogP contribution is -2.04. The van der Waals surface area contributed by atoms with Crippen molar-refractivity contribution in [1.82, 2.24) is 14.6 Å². The monoisotopic (exact) mass is 266 g/mol.